The zero-order valence-corrected chi connectivity index (χ0v) is 31.7. The molecule has 3 aliphatic heterocycles. The third-order valence-electron chi connectivity index (χ3n) is 11.0. The van der Waals surface area contributed by atoms with Gasteiger partial charge in [-0.15, -0.1) is 0 Å². The second kappa shape index (κ2) is 17.2. The number of aliphatic hydroxyl groups excluding tert-OH is 1. The van der Waals surface area contributed by atoms with Crippen molar-refractivity contribution < 1.29 is 33.6 Å². The molecule has 0 saturated carbocycles. The number of carbonyl (C=O) groups is 2. The summed E-state index contributed by atoms with van der Waals surface area (Å²) in [6.45, 7) is 24.6. The zero-order valence-electron chi connectivity index (χ0n) is 31.7. The van der Waals surface area contributed by atoms with Crippen molar-refractivity contribution in [3.63, 3.8) is 0 Å². The van der Waals surface area contributed by atoms with Gasteiger partial charge < -0.3 is 29.0 Å². The molecule has 0 unspecified atom stereocenters. The van der Waals surface area contributed by atoms with Crippen LogP contribution in [0.5, 0.6) is 0 Å². The number of ketones is 1. The van der Waals surface area contributed by atoms with Gasteiger partial charge in [0.05, 0.1) is 23.9 Å². The van der Waals surface area contributed by atoms with Crippen LogP contribution < -0.4 is 0 Å². The van der Waals surface area contributed by atoms with Gasteiger partial charge in [-0.1, -0.05) is 20.8 Å². The Morgan fingerprint density at radius 2 is 1.70 bits per heavy atom. The normalized spacial score (nSPS) is 37.8. The second-order valence-corrected chi connectivity index (χ2v) is 15.9. The van der Waals surface area contributed by atoms with E-state index < -0.39 is 41.4 Å². The number of aliphatic hydroxyl groups is 1. The molecule has 0 aliphatic carbocycles. The number of carbonyl (C=O) groups excluding carboxylic acids is 2. The monoisotopic (exact) mass is 669 g/mol. The first-order valence-electron chi connectivity index (χ1n) is 18.1. The van der Waals surface area contributed by atoms with E-state index in [1.807, 2.05) is 32.8 Å². The summed E-state index contributed by atoms with van der Waals surface area (Å²) in [4.78, 5) is 37.6. The van der Waals surface area contributed by atoms with Crippen molar-refractivity contribution in [2.24, 2.45) is 17.3 Å². The maximum atomic E-state index is 14.3. The minimum atomic E-state index is -1.41. The molecule has 3 aliphatic rings. The average Bonchev–Trinajstić information content (AvgIpc) is 3.01. The molecule has 9 atom stereocenters. The van der Waals surface area contributed by atoms with Crippen molar-refractivity contribution in [2.45, 2.75) is 130 Å². The van der Waals surface area contributed by atoms with Gasteiger partial charge in [0.15, 0.2) is 12.1 Å². The van der Waals surface area contributed by atoms with E-state index in [2.05, 4.69) is 42.4 Å². The van der Waals surface area contributed by atoms with Crippen LogP contribution in [-0.2, 0) is 28.5 Å². The standard InChI is InChI=1S/C36H68N4O7/c1-13-14-40-21-25(4)20-36(9,44-12)32(47-33-30(41)29(37(10)11)19-26(5)46-33)27(6)31(42)35(7,8)34(43)45-23-28(40)22-38-15-17-39(18-16-38)24(2)3/h24-30,32-33,41H,13-23H2,1-12H3/t25-,26-,27+,28+,29+,30-,32-,33+,36-/m1/s1. The van der Waals surface area contributed by atoms with Crippen molar-refractivity contribution >= 4 is 11.8 Å². The maximum absolute atomic E-state index is 14.3. The van der Waals surface area contributed by atoms with Crippen LogP contribution in [0.2, 0.25) is 0 Å². The SMILES string of the molecule is CCCN1C[C@H](C)C[C@@](C)(OC)[C@H](O[C@@H]2O[C@H](C)C[C@H](N(C)C)[C@H]2O)[C@@H](C)C(=O)C(C)(C)C(=O)OC[C@@H]1CN1CCN(C(C)C)CC1. The molecular formula is C36H68N4O7. The van der Waals surface area contributed by atoms with E-state index in [0.29, 0.717) is 18.9 Å². The summed E-state index contributed by atoms with van der Waals surface area (Å²) >= 11 is 0. The molecule has 1 N–H and O–H groups in total. The summed E-state index contributed by atoms with van der Waals surface area (Å²) in [5.41, 5.74) is -2.33. The Morgan fingerprint density at radius 3 is 2.26 bits per heavy atom. The first-order chi connectivity index (χ1) is 21.9. The maximum Gasteiger partial charge on any atom is 0.319 e. The molecule has 3 heterocycles. The highest BCUT2D eigenvalue weighted by Crippen LogP contribution is 2.38. The van der Waals surface area contributed by atoms with Gasteiger partial charge in [0.25, 0.3) is 0 Å². The smallest absolute Gasteiger partial charge is 0.319 e. The second-order valence-electron chi connectivity index (χ2n) is 15.9. The van der Waals surface area contributed by atoms with Crippen LogP contribution >= 0.6 is 0 Å². The summed E-state index contributed by atoms with van der Waals surface area (Å²) in [5.74, 6) is -1.39. The van der Waals surface area contributed by atoms with Crippen LogP contribution in [0.4, 0.5) is 0 Å². The highest BCUT2D eigenvalue weighted by molar-refractivity contribution is 6.04. The lowest BCUT2D eigenvalue weighted by Gasteiger charge is -2.47. The molecule has 3 saturated heterocycles. The number of methoxy groups -OCH3 is 1. The summed E-state index contributed by atoms with van der Waals surface area (Å²) in [6, 6.07) is 0.347. The van der Waals surface area contributed by atoms with Crippen molar-refractivity contribution in [3.05, 3.63) is 0 Å². The highest BCUT2D eigenvalue weighted by atomic mass is 16.7. The highest BCUT2D eigenvalue weighted by Gasteiger charge is 2.51. The van der Waals surface area contributed by atoms with E-state index >= 15 is 0 Å². The number of hydrogen-bond donors (Lipinski definition) is 1. The predicted molar refractivity (Wildman–Crippen MR) is 184 cm³/mol. The van der Waals surface area contributed by atoms with Crippen LogP contribution in [0.15, 0.2) is 0 Å². The summed E-state index contributed by atoms with van der Waals surface area (Å²) in [5, 5.41) is 11.4. The van der Waals surface area contributed by atoms with Gasteiger partial charge in [-0.3, -0.25) is 24.3 Å². The van der Waals surface area contributed by atoms with E-state index in [9.17, 15) is 14.7 Å². The Hall–Kier alpha value is -1.18. The van der Waals surface area contributed by atoms with Crippen molar-refractivity contribution in [3.8, 4) is 0 Å². The number of ether oxygens (including phenoxy) is 4. The van der Waals surface area contributed by atoms with E-state index in [4.69, 9.17) is 18.9 Å². The molecule has 47 heavy (non-hydrogen) atoms. The molecule has 274 valence electrons. The fraction of sp³-hybridized carbons (Fsp3) is 0.944. The lowest BCUT2D eigenvalue weighted by atomic mass is 9.74. The first kappa shape index (κ1) is 40.3. The molecule has 11 heteroatoms. The Bertz CT molecular complexity index is 1000. The van der Waals surface area contributed by atoms with Crippen molar-refractivity contribution in [1.29, 1.82) is 0 Å². The number of cyclic esters (lactones) is 1. The minimum Gasteiger partial charge on any atom is -0.463 e. The average molecular weight is 669 g/mol. The van der Waals surface area contributed by atoms with Crippen LogP contribution in [0, 0.1) is 17.3 Å². The van der Waals surface area contributed by atoms with E-state index in [0.717, 1.165) is 52.2 Å². The number of Topliss-reactive ketones (excluding diaryl/α,β-unsaturated/α-hetero) is 1. The molecular weight excluding hydrogens is 600 g/mol. The van der Waals surface area contributed by atoms with Crippen LogP contribution in [0.25, 0.3) is 0 Å². The zero-order chi connectivity index (χ0) is 35.3. The quantitative estimate of drug-likeness (QED) is 0.290. The van der Waals surface area contributed by atoms with Crippen LogP contribution in [0.3, 0.4) is 0 Å². The third-order valence-corrected chi connectivity index (χ3v) is 11.0. The number of likely N-dealkylation sites (N-methyl/N-ethyl adjacent to an activating group) is 1. The van der Waals surface area contributed by atoms with E-state index in [-0.39, 0.29) is 36.5 Å². The van der Waals surface area contributed by atoms with Gasteiger partial charge in [-0.05, 0) is 87.4 Å². The summed E-state index contributed by atoms with van der Waals surface area (Å²) in [6.07, 6.45) is -0.594. The van der Waals surface area contributed by atoms with Gasteiger partial charge in [-0.25, -0.2) is 0 Å². The van der Waals surface area contributed by atoms with Crippen LogP contribution in [-0.4, -0.2) is 158 Å². The molecule has 0 spiro atoms. The molecule has 0 aromatic carbocycles. The Kier molecular flexibility index (Phi) is 14.7. The van der Waals surface area contributed by atoms with Gasteiger partial charge in [0, 0.05) is 64.4 Å². The molecule has 0 amide bonds. The van der Waals surface area contributed by atoms with Crippen LogP contribution in [0.1, 0.15) is 81.6 Å². The Balaban J connectivity index is 1.97. The summed E-state index contributed by atoms with van der Waals surface area (Å²) in [7, 11) is 5.53. The van der Waals surface area contributed by atoms with E-state index in [1.165, 1.54) is 0 Å². The summed E-state index contributed by atoms with van der Waals surface area (Å²) < 4.78 is 25.2. The van der Waals surface area contributed by atoms with Gasteiger partial charge >= 0.3 is 5.97 Å². The molecule has 3 rings (SSSR count). The number of esters is 1. The Labute approximate surface area is 285 Å². The van der Waals surface area contributed by atoms with Gasteiger partial charge in [0.1, 0.15) is 18.1 Å². The fourth-order valence-corrected chi connectivity index (χ4v) is 7.97. The van der Waals surface area contributed by atoms with Crippen molar-refractivity contribution in [1.82, 2.24) is 19.6 Å². The molecule has 11 nitrogen and oxygen atoms in total. The van der Waals surface area contributed by atoms with Gasteiger partial charge in [0.2, 0.25) is 0 Å². The largest absolute Gasteiger partial charge is 0.463 e. The number of piperazine rings is 1. The lowest BCUT2D eigenvalue weighted by molar-refractivity contribution is -0.295. The number of nitrogens with zero attached hydrogens (tertiary/aromatic N) is 4. The van der Waals surface area contributed by atoms with Gasteiger partial charge in [-0.2, -0.15) is 0 Å². The minimum absolute atomic E-state index is 0.00730. The number of rotatable bonds is 9. The predicted octanol–water partition coefficient (Wildman–Crippen LogP) is 3.12. The molecule has 3 fully saturated rings. The van der Waals surface area contributed by atoms with Crippen molar-refractivity contribution in [2.75, 3.05) is 73.6 Å². The molecule has 0 aromatic rings. The Morgan fingerprint density at radius 1 is 1.06 bits per heavy atom. The lowest BCUT2D eigenvalue weighted by Crippen LogP contribution is -2.59. The third kappa shape index (κ3) is 9.96. The van der Waals surface area contributed by atoms with E-state index in [1.54, 1.807) is 27.9 Å². The molecule has 0 radical (unpaired) electrons. The fourth-order valence-electron chi connectivity index (χ4n) is 7.97. The number of hydrogen-bond acceptors (Lipinski definition) is 11. The molecule has 0 bridgehead atoms. The topological polar surface area (TPSA) is 104 Å². The molecule has 0 aromatic heterocycles. The first-order valence-corrected chi connectivity index (χ1v) is 18.1.